The van der Waals surface area contributed by atoms with E-state index in [9.17, 15) is 19.8 Å². The van der Waals surface area contributed by atoms with Crippen molar-refractivity contribution >= 4 is 67.1 Å². The van der Waals surface area contributed by atoms with Crippen molar-refractivity contribution in [3.63, 3.8) is 0 Å². The quantitative estimate of drug-likeness (QED) is 0.0490. The van der Waals surface area contributed by atoms with E-state index in [1.165, 1.54) is 25.7 Å². The van der Waals surface area contributed by atoms with Crippen LogP contribution in [0.3, 0.4) is 0 Å². The summed E-state index contributed by atoms with van der Waals surface area (Å²) >= 11 is 6.18. The van der Waals surface area contributed by atoms with Crippen LogP contribution in [0.25, 0.3) is 43.6 Å². The lowest BCUT2D eigenvalue weighted by atomic mass is 9.92. The summed E-state index contributed by atoms with van der Waals surface area (Å²) in [6, 6.07) is 11.2. The van der Waals surface area contributed by atoms with Crippen molar-refractivity contribution in [1.29, 1.82) is 0 Å². The molecule has 12 rings (SSSR count). The Kier molecular flexibility index (Phi) is 18.1. The van der Waals surface area contributed by atoms with Crippen molar-refractivity contribution in [2.75, 3.05) is 103 Å². The zero-order chi connectivity index (χ0) is 51.7. The van der Waals surface area contributed by atoms with E-state index in [0.29, 0.717) is 95.5 Å². The maximum Gasteiger partial charge on any atom is 0.260 e. The molecule has 2 aromatic carbocycles. The van der Waals surface area contributed by atoms with Crippen molar-refractivity contribution in [3.05, 3.63) is 74.5 Å². The number of nitrogens with one attached hydrogen (secondary N) is 2. The number of fused-ring (bicyclic) bond motifs is 6. The minimum Gasteiger partial charge on any atom is -0.494 e. The average molecular weight is 1050 g/mol. The van der Waals surface area contributed by atoms with Gasteiger partial charge in [-0.25, -0.2) is 9.97 Å². The second-order valence-corrected chi connectivity index (χ2v) is 21.8. The first-order valence-corrected chi connectivity index (χ1v) is 28.1. The second kappa shape index (κ2) is 25.4. The number of halogens is 1. The number of hydrogen-bond donors (Lipinski definition) is 5. The van der Waals surface area contributed by atoms with E-state index in [1.807, 2.05) is 39.6 Å². The number of ether oxygens (including phenoxy) is 3. The number of aromatic nitrogens is 6. The Bertz CT molecular complexity index is 2980. The van der Waals surface area contributed by atoms with Crippen LogP contribution in [0.2, 0.25) is 5.02 Å². The van der Waals surface area contributed by atoms with Gasteiger partial charge in [0.25, 0.3) is 11.1 Å². The molecule has 4 aliphatic carbocycles. The lowest BCUT2D eigenvalue weighted by Crippen LogP contribution is -2.37. The molecule has 404 valence electrons. The molecule has 0 unspecified atom stereocenters. The first-order valence-electron chi connectivity index (χ1n) is 27.7. The maximum absolute atomic E-state index is 13.9. The number of aliphatic hydroxyl groups excluding tert-OH is 3. The molecule has 18 nitrogen and oxygen atoms in total. The number of morpholine rings is 2. The Balaban J connectivity index is 0.000000148. The molecule has 19 heteroatoms. The fraction of sp³-hybridized carbons (Fsp3) is 0.607. The van der Waals surface area contributed by atoms with Crippen LogP contribution in [-0.2, 0) is 9.47 Å². The topological polar surface area (TPSA) is 214 Å². The Morgan fingerprint density at radius 2 is 1.05 bits per heavy atom. The maximum atomic E-state index is 13.9. The molecule has 4 saturated carbocycles. The Morgan fingerprint density at radius 1 is 0.587 bits per heavy atom. The Labute approximate surface area is 442 Å². The second-order valence-electron chi connectivity index (χ2n) is 21.4. The number of anilines is 2. The van der Waals surface area contributed by atoms with Gasteiger partial charge in [-0.15, -0.1) is 0 Å². The standard InChI is InChI=1S/C28H37N5O4.C21H23ClN4O2.C7H15NO2/c34-21-6-4-20(5-7-21)33-26-25(18-30-28(31-26)29-17-19-2-3-19)23-9-8-22(16-24(23)27(33)35)37-13-1-10-32-11-14-36-15-12-32;22-13-3-8-16-17(9-13)20(28)26(14-4-6-15(27)7-5-14)19-18(16)11-24-21(25-19)23-10-12-1-2-12;9-5-1-2-8-3-6-10-7-4-8/h8-9,16,18-21,34H,1-7,10-15,17H2,(H,29,30,31);3,8-9,11-12,14-15,27H,1-2,4-7,10H2,(H,23,24,25);9H,1-7H2. The van der Waals surface area contributed by atoms with Gasteiger partial charge in [-0.1, -0.05) is 17.7 Å². The van der Waals surface area contributed by atoms with Gasteiger partial charge in [-0.2, -0.15) is 9.97 Å². The number of benzene rings is 2. The zero-order valence-electron chi connectivity index (χ0n) is 43.2. The summed E-state index contributed by atoms with van der Waals surface area (Å²) in [6.45, 7) is 11.9. The highest BCUT2D eigenvalue weighted by Gasteiger charge is 2.28. The number of nitrogens with zero attached hydrogens (tertiary/aromatic N) is 8. The highest BCUT2D eigenvalue weighted by molar-refractivity contribution is 6.31. The summed E-state index contributed by atoms with van der Waals surface area (Å²) in [5, 5.41) is 40.3. The molecule has 75 heavy (non-hydrogen) atoms. The minimum absolute atomic E-state index is 0.00655. The number of pyridine rings is 2. The van der Waals surface area contributed by atoms with E-state index < -0.39 is 0 Å². The number of rotatable bonds is 16. The first kappa shape index (κ1) is 53.4. The third-order valence-corrected chi connectivity index (χ3v) is 16.0. The van der Waals surface area contributed by atoms with Crippen LogP contribution < -0.4 is 26.5 Å². The number of hydrogen-bond acceptors (Lipinski definition) is 16. The molecule has 0 amide bonds. The minimum atomic E-state index is -0.290. The van der Waals surface area contributed by atoms with E-state index >= 15 is 0 Å². The van der Waals surface area contributed by atoms with Crippen molar-refractivity contribution in [3.8, 4) is 5.75 Å². The average Bonchev–Trinajstić information content (AvgIpc) is 4.40. The summed E-state index contributed by atoms with van der Waals surface area (Å²) in [4.78, 5) is 50.8. The summed E-state index contributed by atoms with van der Waals surface area (Å²) in [6.07, 6.45) is 15.7. The van der Waals surface area contributed by atoms with Gasteiger partial charge in [-0.05, 0) is 143 Å². The van der Waals surface area contributed by atoms with Crippen molar-refractivity contribution < 1.29 is 29.5 Å². The molecule has 6 heterocycles. The van der Waals surface area contributed by atoms with Gasteiger partial charge in [0.1, 0.15) is 17.0 Å². The zero-order valence-corrected chi connectivity index (χ0v) is 44.0. The summed E-state index contributed by atoms with van der Waals surface area (Å²) in [5.41, 5.74) is 1.22. The van der Waals surface area contributed by atoms with Crippen molar-refractivity contribution in [2.45, 2.75) is 114 Å². The van der Waals surface area contributed by atoms with E-state index in [2.05, 4.69) is 30.4 Å². The van der Waals surface area contributed by atoms with Crippen LogP contribution in [-0.4, -0.2) is 158 Å². The highest BCUT2D eigenvalue weighted by Crippen LogP contribution is 2.36. The summed E-state index contributed by atoms with van der Waals surface area (Å²) in [7, 11) is 0. The van der Waals surface area contributed by atoms with Crippen LogP contribution in [0.15, 0.2) is 58.4 Å². The normalized spacial score (nSPS) is 22.6. The molecule has 2 saturated heterocycles. The monoisotopic (exact) mass is 1050 g/mol. The van der Waals surface area contributed by atoms with Gasteiger partial charge in [0, 0.05) is 105 Å². The third-order valence-electron chi connectivity index (χ3n) is 15.7. The van der Waals surface area contributed by atoms with Crippen molar-refractivity contribution in [1.82, 2.24) is 38.9 Å². The van der Waals surface area contributed by atoms with Crippen LogP contribution in [0.5, 0.6) is 5.75 Å². The van der Waals surface area contributed by atoms with Gasteiger partial charge in [0.05, 0.1) is 50.6 Å². The SMILES string of the molecule is O=c1c2cc(Cl)ccc2c2cnc(NCC3CC3)nc2n1C1CCC(O)CC1.O=c1c2cc(OCCCN3CCOCC3)ccc2c2cnc(NCC3CC3)nc2n1C1CCC(O)CC1.OCCCN1CCOCC1. The smallest absolute Gasteiger partial charge is 0.260 e. The Morgan fingerprint density at radius 3 is 1.53 bits per heavy atom. The third kappa shape index (κ3) is 13.7. The van der Waals surface area contributed by atoms with E-state index in [0.717, 1.165) is 139 Å². The van der Waals surface area contributed by atoms with Gasteiger partial charge >= 0.3 is 0 Å². The molecule has 6 aromatic rings. The predicted molar refractivity (Wildman–Crippen MR) is 293 cm³/mol. The van der Waals surface area contributed by atoms with Gasteiger partial charge in [0.15, 0.2) is 0 Å². The first-order chi connectivity index (χ1) is 36.7. The van der Waals surface area contributed by atoms with Gasteiger partial charge < -0.3 is 40.2 Å². The van der Waals surface area contributed by atoms with Crippen LogP contribution in [0, 0.1) is 11.8 Å². The molecular formula is C56H75ClN10O8. The highest BCUT2D eigenvalue weighted by atomic mass is 35.5. The molecule has 5 N–H and O–H groups in total. The van der Waals surface area contributed by atoms with Crippen LogP contribution in [0.1, 0.15) is 102 Å². The summed E-state index contributed by atoms with van der Waals surface area (Å²) in [5.74, 6) is 3.25. The molecule has 4 aromatic heterocycles. The molecule has 0 bridgehead atoms. The molecule has 0 radical (unpaired) electrons. The Hall–Kier alpha value is -5.05. The van der Waals surface area contributed by atoms with E-state index in [-0.39, 0.29) is 35.4 Å². The molecule has 2 aliphatic heterocycles. The van der Waals surface area contributed by atoms with Gasteiger partial charge in [0.2, 0.25) is 11.9 Å². The van der Waals surface area contributed by atoms with E-state index in [1.54, 1.807) is 18.3 Å². The molecule has 6 aliphatic rings. The molecule has 0 atom stereocenters. The van der Waals surface area contributed by atoms with Crippen LogP contribution >= 0.6 is 11.6 Å². The molecule has 0 spiro atoms. The lowest BCUT2D eigenvalue weighted by Gasteiger charge is -2.28. The lowest BCUT2D eigenvalue weighted by molar-refractivity contribution is 0.0353. The number of aliphatic hydroxyl groups is 3. The summed E-state index contributed by atoms with van der Waals surface area (Å²) < 4.78 is 20.3. The largest absolute Gasteiger partial charge is 0.494 e. The van der Waals surface area contributed by atoms with E-state index in [4.69, 9.17) is 40.9 Å². The van der Waals surface area contributed by atoms with Crippen LogP contribution in [0.4, 0.5) is 11.9 Å². The predicted octanol–water partition coefficient (Wildman–Crippen LogP) is 6.94. The van der Waals surface area contributed by atoms with Gasteiger partial charge in [-0.3, -0.25) is 28.5 Å². The van der Waals surface area contributed by atoms with Crippen molar-refractivity contribution in [2.24, 2.45) is 11.8 Å². The molecular weight excluding hydrogens is 976 g/mol. The fourth-order valence-electron chi connectivity index (χ4n) is 10.9. The molecule has 6 fully saturated rings. The fourth-order valence-corrected chi connectivity index (χ4v) is 11.1.